The van der Waals surface area contributed by atoms with Crippen molar-refractivity contribution in [2.75, 3.05) is 18.5 Å². The van der Waals surface area contributed by atoms with Crippen LogP contribution in [0.2, 0.25) is 5.02 Å². The Balaban J connectivity index is 1.11. The summed E-state index contributed by atoms with van der Waals surface area (Å²) in [5.41, 5.74) is 4.90. The summed E-state index contributed by atoms with van der Waals surface area (Å²) in [6.07, 6.45) is 4.20. The minimum absolute atomic E-state index is 0.101. The Labute approximate surface area is 242 Å². The molecule has 0 bridgehead atoms. The molecule has 210 valence electrons. The number of carbonyl (C=O) groups is 1. The Morgan fingerprint density at radius 2 is 1.78 bits per heavy atom. The van der Waals surface area contributed by atoms with E-state index in [4.69, 9.17) is 30.0 Å². The molecule has 0 saturated carbocycles. The molecule has 41 heavy (non-hydrogen) atoms. The van der Waals surface area contributed by atoms with Gasteiger partial charge in [0.05, 0.1) is 24.2 Å². The van der Waals surface area contributed by atoms with Crippen molar-refractivity contribution in [2.45, 2.75) is 31.8 Å². The van der Waals surface area contributed by atoms with Crippen LogP contribution in [0.1, 0.15) is 30.6 Å². The van der Waals surface area contributed by atoms with Crippen molar-refractivity contribution in [3.63, 3.8) is 0 Å². The maximum absolute atomic E-state index is 12.7. The standard InChI is InChI=1S/C30H28ClN4O5P/c31-23-13-11-22(12-14-23)29-27(40-30(34-29)35-20-32-25-5-1-2-6-26(25)35)7-3-8-28(36)33-24-15-9-21(10-16-24)19-41(37)38-17-4-18-39-41/h1-2,5-6,9-16,20,37H,3-4,7-8,17-19H2/p+1. The number of rotatable bonds is 9. The number of hydrogen-bond donors (Lipinski definition) is 2. The van der Waals surface area contributed by atoms with Crippen LogP contribution in [0.3, 0.4) is 0 Å². The van der Waals surface area contributed by atoms with Gasteiger partial charge in [-0.05, 0) is 48.4 Å². The third-order valence-corrected chi connectivity index (χ3v) is 8.95. The zero-order chi connectivity index (χ0) is 28.2. The van der Waals surface area contributed by atoms with Gasteiger partial charge in [0.1, 0.15) is 17.8 Å². The van der Waals surface area contributed by atoms with E-state index in [-0.39, 0.29) is 5.91 Å². The Bertz CT molecular complexity index is 1650. The molecular weight excluding hydrogens is 563 g/mol. The van der Waals surface area contributed by atoms with Crippen LogP contribution < -0.4 is 5.32 Å². The molecule has 0 radical (unpaired) electrons. The lowest BCUT2D eigenvalue weighted by atomic mass is 10.1. The highest BCUT2D eigenvalue weighted by molar-refractivity contribution is 7.59. The second-order valence-electron chi connectivity index (χ2n) is 9.79. The van der Waals surface area contributed by atoms with Gasteiger partial charge in [-0.25, -0.2) is 4.98 Å². The number of imidazole rings is 1. The van der Waals surface area contributed by atoms with Gasteiger partial charge in [0.15, 0.2) is 6.16 Å². The first kappa shape index (κ1) is 27.6. The number of anilines is 1. The molecule has 5 aromatic rings. The number of oxazole rings is 1. The largest absolute Gasteiger partial charge is 0.427 e. The van der Waals surface area contributed by atoms with E-state index in [1.165, 1.54) is 0 Å². The van der Waals surface area contributed by atoms with E-state index >= 15 is 0 Å². The fraction of sp³-hybridized carbons (Fsp3) is 0.233. The summed E-state index contributed by atoms with van der Waals surface area (Å²) >= 11 is 6.11. The number of aromatic nitrogens is 3. The first-order chi connectivity index (χ1) is 20.0. The molecule has 1 aliphatic heterocycles. The van der Waals surface area contributed by atoms with Crippen LogP contribution in [-0.2, 0) is 26.4 Å². The molecular formula is C30H29ClN4O5P+. The van der Waals surface area contributed by atoms with Gasteiger partial charge in [-0.1, -0.05) is 48.0 Å². The van der Waals surface area contributed by atoms with Crippen molar-refractivity contribution >= 4 is 42.2 Å². The molecule has 1 fully saturated rings. The van der Waals surface area contributed by atoms with Gasteiger partial charge in [-0.2, -0.15) is 18.9 Å². The zero-order valence-corrected chi connectivity index (χ0v) is 23.9. The molecule has 1 saturated heterocycles. The normalized spacial score (nSPS) is 14.8. The van der Waals surface area contributed by atoms with Gasteiger partial charge in [0.2, 0.25) is 5.91 Å². The SMILES string of the molecule is O=C(CCCc1oc(-n2cnc3ccccc32)nc1-c1ccc(Cl)cc1)Nc1ccc(C[P+]2(O)OCCCO2)cc1. The highest BCUT2D eigenvalue weighted by Gasteiger charge is 2.43. The van der Waals surface area contributed by atoms with Crippen molar-refractivity contribution in [3.8, 4) is 17.3 Å². The molecule has 1 amide bonds. The van der Waals surface area contributed by atoms with E-state index in [1.807, 2.05) is 77.4 Å². The molecule has 11 heteroatoms. The van der Waals surface area contributed by atoms with Gasteiger partial charge in [-0.3, -0.25) is 9.36 Å². The molecule has 2 aromatic heterocycles. The van der Waals surface area contributed by atoms with E-state index in [0.29, 0.717) is 66.8 Å². The Morgan fingerprint density at radius 1 is 1.02 bits per heavy atom. The highest BCUT2D eigenvalue weighted by atomic mass is 35.5. The van der Waals surface area contributed by atoms with E-state index in [1.54, 1.807) is 6.33 Å². The summed E-state index contributed by atoms with van der Waals surface area (Å²) in [5, 5.41) is 3.58. The van der Waals surface area contributed by atoms with Crippen molar-refractivity contribution in [1.82, 2.24) is 14.5 Å². The lowest BCUT2D eigenvalue weighted by Gasteiger charge is -2.21. The summed E-state index contributed by atoms with van der Waals surface area (Å²) in [6.45, 7) is 1.02. The third-order valence-electron chi connectivity index (χ3n) is 6.77. The zero-order valence-electron chi connectivity index (χ0n) is 22.2. The predicted molar refractivity (Wildman–Crippen MR) is 159 cm³/mol. The molecule has 2 N–H and O–H groups in total. The van der Waals surface area contributed by atoms with Gasteiger partial charge < -0.3 is 9.73 Å². The molecule has 3 aromatic carbocycles. The number of fused-ring (bicyclic) bond motifs is 1. The van der Waals surface area contributed by atoms with Crippen LogP contribution in [0.15, 0.2) is 83.5 Å². The van der Waals surface area contributed by atoms with E-state index in [9.17, 15) is 9.69 Å². The number of halogens is 1. The van der Waals surface area contributed by atoms with Crippen LogP contribution in [-0.4, -0.2) is 38.5 Å². The van der Waals surface area contributed by atoms with Crippen LogP contribution in [0, 0.1) is 0 Å². The molecule has 1 aliphatic rings. The lowest BCUT2D eigenvalue weighted by molar-refractivity contribution is -0.116. The van der Waals surface area contributed by atoms with Crippen LogP contribution in [0.25, 0.3) is 28.3 Å². The maximum Gasteiger partial charge on any atom is 0.413 e. The van der Waals surface area contributed by atoms with Gasteiger partial charge in [0, 0.05) is 35.5 Å². The Morgan fingerprint density at radius 3 is 2.56 bits per heavy atom. The number of amides is 1. The molecule has 0 unspecified atom stereocenters. The smallest absolute Gasteiger partial charge is 0.413 e. The summed E-state index contributed by atoms with van der Waals surface area (Å²) in [5.74, 6) is 0.585. The van der Waals surface area contributed by atoms with Crippen molar-refractivity contribution in [1.29, 1.82) is 0 Å². The van der Waals surface area contributed by atoms with Gasteiger partial charge in [0.25, 0.3) is 0 Å². The van der Waals surface area contributed by atoms with Crippen molar-refractivity contribution in [3.05, 3.63) is 95.5 Å². The van der Waals surface area contributed by atoms with Gasteiger partial charge >= 0.3 is 14.0 Å². The number of benzene rings is 3. The molecule has 3 heterocycles. The number of para-hydroxylation sites is 2. The third kappa shape index (κ3) is 6.50. The molecule has 0 spiro atoms. The first-order valence-corrected chi connectivity index (χ1v) is 15.6. The average molecular weight is 592 g/mol. The summed E-state index contributed by atoms with van der Waals surface area (Å²) in [7, 11) is -2.84. The maximum atomic E-state index is 12.7. The molecule has 6 rings (SSSR count). The number of nitrogens with zero attached hydrogens (tertiary/aromatic N) is 3. The van der Waals surface area contributed by atoms with Crippen molar-refractivity contribution in [2.24, 2.45) is 0 Å². The highest BCUT2D eigenvalue weighted by Crippen LogP contribution is 2.61. The number of carbonyl (C=O) groups excluding carboxylic acids is 1. The molecule has 0 atom stereocenters. The number of hydrogen-bond acceptors (Lipinski definition) is 7. The lowest BCUT2D eigenvalue weighted by Crippen LogP contribution is -2.14. The second-order valence-corrected chi connectivity index (χ2v) is 12.3. The van der Waals surface area contributed by atoms with E-state index in [2.05, 4.69) is 10.3 Å². The predicted octanol–water partition coefficient (Wildman–Crippen LogP) is 6.99. The topological polar surface area (TPSA) is 112 Å². The summed E-state index contributed by atoms with van der Waals surface area (Å²) in [4.78, 5) is 32.5. The van der Waals surface area contributed by atoms with Crippen LogP contribution >= 0.6 is 19.5 Å². The Kier molecular flexibility index (Phi) is 8.14. The first-order valence-electron chi connectivity index (χ1n) is 13.4. The van der Waals surface area contributed by atoms with Gasteiger partial charge in [-0.15, -0.1) is 0 Å². The van der Waals surface area contributed by atoms with Crippen molar-refractivity contribution < 1.29 is 23.2 Å². The fourth-order valence-corrected chi connectivity index (χ4v) is 6.60. The number of nitrogens with one attached hydrogen (secondary N) is 1. The van der Waals surface area contributed by atoms with E-state index in [0.717, 1.165) is 28.6 Å². The Hall–Kier alpha value is -3.59. The van der Waals surface area contributed by atoms with Crippen LogP contribution in [0.5, 0.6) is 0 Å². The fourth-order valence-electron chi connectivity index (χ4n) is 4.72. The number of aryl methyl sites for hydroxylation is 1. The quantitative estimate of drug-likeness (QED) is 0.178. The monoisotopic (exact) mass is 591 g/mol. The summed E-state index contributed by atoms with van der Waals surface area (Å²) in [6, 6.07) is 23.0. The minimum atomic E-state index is -2.84. The molecule has 9 nitrogen and oxygen atoms in total. The van der Waals surface area contributed by atoms with E-state index < -0.39 is 7.94 Å². The second kappa shape index (κ2) is 12.1. The summed E-state index contributed by atoms with van der Waals surface area (Å²) < 4.78 is 19.0. The average Bonchev–Trinajstić information content (AvgIpc) is 3.59. The van der Waals surface area contributed by atoms with Crippen LogP contribution in [0.4, 0.5) is 5.69 Å². The minimum Gasteiger partial charge on any atom is -0.427 e. The molecule has 0 aliphatic carbocycles.